The smallest absolute Gasteiger partial charge is 0.330 e. The van der Waals surface area contributed by atoms with E-state index in [1.807, 2.05) is 0 Å². The van der Waals surface area contributed by atoms with Crippen LogP contribution in [0.1, 0.15) is 26.2 Å². The molecule has 0 saturated heterocycles. The zero-order valence-corrected chi connectivity index (χ0v) is 10.3. The molecule has 0 spiro atoms. The van der Waals surface area contributed by atoms with Gasteiger partial charge in [0.2, 0.25) is 0 Å². The summed E-state index contributed by atoms with van der Waals surface area (Å²) in [5.41, 5.74) is 5.45. The zero-order chi connectivity index (χ0) is 13.7. The molecule has 3 N–H and O–H groups in total. The Balaban J connectivity index is 0. The summed E-state index contributed by atoms with van der Waals surface area (Å²) in [6.45, 7) is 9.06. The highest BCUT2D eigenvalue weighted by molar-refractivity contribution is 5.84. The van der Waals surface area contributed by atoms with Crippen molar-refractivity contribution in [1.82, 2.24) is 0 Å². The first kappa shape index (κ1) is 17.8. The van der Waals surface area contributed by atoms with Gasteiger partial charge in [0, 0.05) is 11.6 Å². The minimum absolute atomic E-state index is 0.176. The van der Waals surface area contributed by atoms with Crippen molar-refractivity contribution in [2.45, 2.75) is 26.2 Å². The predicted molar refractivity (Wildman–Crippen MR) is 66.5 cm³/mol. The van der Waals surface area contributed by atoms with E-state index in [2.05, 4.69) is 13.2 Å². The molecule has 0 saturated carbocycles. The zero-order valence-electron chi connectivity index (χ0n) is 10.3. The molecule has 5 nitrogen and oxygen atoms in total. The minimum Gasteiger partial charge on any atom is -0.478 e. The molecule has 5 heteroatoms. The van der Waals surface area contributed by atoms with Gasteiger partial charge in [-0.2, -0.15) is 0 Å². The third-order valence-corrected chi connectivity index (χ3v) is 1.62. The molecule has 0 rings (SSSR count). The molecule has 0 fully saturated rings. The Morgan fingerprint density at radius 1 is 1.35 bits per heavy atom. The third-order valence-electron chi connectivity index (χ3n) is 1.62. The van der Waals surface area contributed by atoms with Gasteiger partial charge in [-0.1, -0.05) is 13.2 Å². The van der Waals surface area contributed by atoms with E-state index in [9.17, 15) is 9.59 Å². The van der Waals surface area contributed by atoms with E-state index >= 15 is 0 Å². The number of unbranched alkanes of at least 4 members (excludes halogenated alkanes) is 2. The average Bonchev–Trinajstić information content (AvgIpc) is 2.29. The summed E-state index contributed by atoms with van der Waals surface area (Å²) in [5.74, 6) is -1.28. The van der Waals surface area contributed by atoms with Crippen molar-refractivity contribution in [3.8, 4) is 0 Å². The molecule has 0 aromatic heterocycles. The number of hydrogen-bond donors (Lipinski definition) is 2. The fraction of sp³-hybridized carbons (Fsp3) is 0.500. The number of hydrogen-bond acceptors (Lipinski definition) is 4. The van der Waals surface area contributed by atoms with Crippen molar-refractivity contribution < 1.29 is 19.4 Å². The van der Waals surface area contributed by atoms with Crippen LogP contribution in [0.2, 0.25) is 0 Å². The molecular formula is C12H21NO4. The highest BCUT2D eigenvalue weighted by Gasteiger charge is 1.93. The maximum atomic E-state index is 10.5. The second-order valence-electron chi connectivity index (χ2n) is 3.31. The van der Waals surface area contributed by atoms with Crippen LogP contribution >= 0.6 is 0 Å². The number of nitrogens with two attached hydrogens (primary N) is 1. The lowest BCUT2D eigenvalue weighted by Crippen LogP contribution is -2.03. The van der Waals surface area contributed by atoms with Crippen LogP contribution in [0.3, 0.4) is 0 Å². The van der Waals surface area contributed by atoms with Crippen molar-refractivity contribution in [3.63, 3.8) is 0 Å². The van der Waals surface area contributed by atoms with Gasteiger partial charge in [0.15, 0.2) is 0 Å². The molecule has 0 aliphatic heterocycles. The average molecular weight is 243 g/mol. The number of carboxylic acid groups (broad SMARTS) is 1. The van der Waals surface area contributed by atoms with Crippen molar-refractivity contribution in [2.24, 2.45) is 5.73 Å². The number of esters is 1. The maximum absolute atomic E-state index is 10.5. The minimum atomic E-state index is -0.935. The summed E-state index contributed by atoms with van der Waals surface area (Å²) < 4.78 is 4.74. The maximum Gasteiger partial charge on any atom is 0.330 e. The third kappa shape index (κ3) is 17.0. The van der Waals surface area contributed by atoms with Gasteiger partial charge in [-0.05, 0) is 32.7 Å². The van der Waals surface area contributed by atoms with Crippen molar-refractivity contribution in [1.29, 1.82) is 0 Å². The van der Waals surface area contributed by atoms with Gasteiger partial charge in [-0.3, -0.25) is 0 Å². The summed E-state index contributed by atoms with van der Waals surface area (Å²) in [4.78, 5) is 20.1. The number of carbonyl (C=O) groups is 2. The first-order valence-corrected chi connectivity index (χ1v) is 5.33. The standard InChI is InChI=1S/C8H15NO2.C4H6O2/c1-2-8(10)11-7-5-3-4-6-9;1-3(2)4(5)6/h2H,1,3-7,9H2;1H2,2H3,(H,5,6). The lowest BCUT2D eigenvalue weighted by atomic mass is 10.2. The molecule has 0 aliphatic rings. The molecule has 17 heavy (non-hydrogen) atoms. The van der Waals surface area contributed by atoms with Crippen LogP contribution in [0.25, 0.3) is 0 Å². The molecule has 0 aromatic rings. The van der Waals surface area contributed by atoms with Crippen LogP contribution < -0.4 is 5.73 Å². The Morgan fingerprint density at radius 2 is 1.88 bits per heavy atom. The van der Waals surface area contributed by atoms with Gasteiger partial charge < -0.3 is 15.6 Å². The lowest BCUT2D eigenvalue weighted by molar-refractivity contribution is -0.138. The van der Waals surface area contributed by atoms with E-state index in [-0.39, 0.29) is 11.5 Å². The van der Waals surface area contributed by atoms with E-state index in [0.717, 1.165) is 19.3 Å². The van der Waals surface area contributed by atoms with Gasteiger partial charge in [-0.15, -0.1) is 0 Å². The normalized spacial score (nSPS) is 8.59. The molecule has 0 unspecified atom stereocenters. The highest BCUT2D eigenvalue weighted by atomic mass is 16.5. The van der Waals surface area contributed by atoms with Gasteiger partial charge in [0.05, 0.1) is 6.61 Å². The summed E-state index contributed by atoms with van der Waals surface area (Å²) in [6.07, 6.45) is 4.06. The number of carbonyl (C=O) groups excluding carboxylic acids is 1. The Hall–Kier alpha value is -1.62. The predicted octanol–water partition coefficient (Wildman–Crippen LogP) is 1.49. The van der Waals surface area contributed by atoms with Crippen LogP contribution in [-0.4, -0.2) is 30.2 Å². The van der Waals surface area contributed by atoms with E-state index in [0.29, 0.717) is 13.2 Å². The number of aliphatic carboxylic acids is 1. The summed E-state index contributed by atoms with van der Waals surface area (Å²) >= 11 is 0. The SMILES string of the molecule is C=C(C)C(=O)O.C=CC(=O)OCCCCCN. The topological polar surface area (TPSA) is 89.6 Å². The monoisotopic (exact) mass is 243 g/mol. The molecule has 0 radical (unpaired) electrons. The van der Waals surface area contributed by atoms with Crippen molar-refractivity contribution in [2.75, 3.05) is 13.2 Å². The fourth-order valence-electron chi connectivity index (χ4n) is 0.655. The van der Waals surface area contributed by atoms with E-state index in [4.69, 9.17) is 15.6 Å². The summed E-state index contributed by atoms with van der Waals surface area (Å²) in [6, 6.07) is 0. The highest BCUT2D eigenvalue weighted by Crippen LogP contribution is 1.94. The number of ether oxygens (including phenoxy) is 1. The lowest BCUT2D eigenvalue weighted by Gasteiger charge is -1.99. The first-order chi connectivity index (χ1) is 7.95. The molecule has 0 heterocycles. The van der Waals surface area contributed by atoms with Crippen LogP contribution in [0.15, 0.2) is 24.8 Å². The largest absolute Gasteiger partial charge is 0.478 e. The fourth-order valence-corrected chi connectivity index (χ4v) is 0.655. The Bertz CT molecular complexity index is 249. The van der Waals surface area contributed by atoms with Crippen LogP contribution in [0, 0.1) is 0 Å². The van der Waals surface area contributed by atoms with Gasteiger partial charge in [-0.25, -0.2) is 9.59 Å². The van der Waals surface area contributed by atoms with Crippen LogP contribution in [-0.2, 0) is 14.3 Å². The second-order valence-corrected chi connectivity index (χ2v) is 3.31. The molecule has 0 aromatic carbocycles. The Kier molecular flexibility index (Phi) is 13.0. The van der Waals surface area contributed by atoms with Gasteiger partial charge in [0.1, 0.15) is 0 Å². The van der Waals surface area contributed by atoms with Gasteiger partial charge in [0.25, 0.3) is 0 Å². The van der Waals surface area contributed by atoms with E-state index < -0.39 is 5.97 Å². The van der Waals surface area contributed by atoms with Crippen LogP contribution in [0.5, 0.6) is 0 Å². The molecule has 0 bridgehead atoms. The first-order valence-electron chi connectivity index (χ1n) is 5.33. The van der Waals surface area contributed by atoms with Crippen LogP contribution in [0.4, 0.5) is 0 Å². The second kappa shape index (κ2) is 12.4. The molecule has 0 atom stereocenters. The molecular weight excluding hydrogens is 222 g/mol. The molecule has 0 aliphatic carbocycles. The summed E-state index contributed by atoms with van der Waals surface area (Å²) in [5, 5.41) is 7.89. The summed E-state index contributed by atoms with van der Waals surface area (Å²) in [7, 11) is 0. The van der Waals surface area contributed by atoms with E-state index in [1.165, 1.54) is 13.0 Å². The number of carboxylic acids is 1. The van der Waals surface area contributed by atoms with Crippen molar-refractivity contribution in [3.05, 3.63) is 24.8 Å². The molecule has 98 valence electrons. The van der Waals surface area contributed by atoms with Gasteiger partial charge >= 0.3 is 11.9 Å². The van der Waals surface area contributed by atoms with Crippen molar-refractivity contribution >= 4 is 11.9 Å². The quantitative estimate of drug-likeness (QED) is 0.401. The Labute approximate surface area is 102 Å². The van der Waals surface area contributed by atoms with E-state index in [1.54, 1.807) is 0 Å². The number of rotatable bonds is 7. The molecule has 0 amide bonds. The Morgan fingerprint density at radius 3 is 2.24 bits per heavy atom.